The van der Waals surface area contributed by atoms with Crippen molar-refractivity contribution in [3.63, 3.8) is 0 Å². The number of phenolic OH excluding ortho intramolecular Hbond substituents is 5. The second kappa shape index (κ2) is 21.0. The molecule has 82 heavy (non-hydrogen) atoms. The van der Waals surface area contributed by atoms with Gasteiger partial charge in [0.2, 0.25) is 0 Å². The first-order valence-corrected chi connectivity index (χ1v) is 30.9. The molecule has 12 nitrogen and oxygen atoms in total. The van der Waals surface area contributed by atoms with Crippen molar-refractivity contribution in [3.05, 3.63) is 166 Å². The molecule has 5 aromatic carbocycles. The number of nitrogens with one attached hydrogen (secondary N) is 4. The van der Waals surface area contributed by atoms with E-state index in [2.05, 4.69) is 100.0 Å². The summed E-state index contributed by atoms with van der Waals surface area (Å²) in [6.45, 7) is 1.87. The number of unbranched alkanes of at least 4 members (excludes halogenated alkanes) is 1. The third kappa shape index (κ3) is 8.42. The van der Waals surface area contributed by atoms with E-state index < -0.39 is 11.5 Å². The molecule has 14 atom stereocenters. The Balaban J connectivity index is 0.869. The lowest BCUT2D eigenvalue weighted by atomic mass is 9.31. The van der Waals surface area contributed by atoms with Gasteiger partial charge in [0.15, 0.2) is 23.0 Å². The summed E-state index contributed by atoms with van der Waals surface area (Å²) in [4.78, 5) is 8.84. The summed E-state index contributed by atoms with van der Waals surface area (Å²) in [5.41, 5.74) is 7.70. The molecule has 0 amide bonds. The van der Waals surface area contributed by atoms with E-state index in [1.54, 1.807) is 18.2 Å². The molecule has 14 rings (SSSR count). The number of fused-ring (bicyclic) bond motifs is 7. The van der Waals surface area contributed by atoms with Crippen LogP contribution in [0.15, 0.2) is 127 Å². The summed E-state index contributed by atoms with van der Waals surface area (Å²) in [7, 11) is 0. The van der Waals surface area contributed by atoms with E-state index in [9.17, 15) is 35.7 Å². The Kier molecular flexibility index (Phi) is 13.7. The van der Waals surface area contributed by atoms with Crippen LogP contribution in [0.2, 0.25) is 0 Å². The van der Waals surface area contributed by atoms with Crippen LogP contribution in [0.1, 0.15) is 141 Å². The maximum absolute atomic E-state index is 13.1. The van der Waals surface area contributed by atoms with E-state index in [0.29, 0.717) is 52.7 Å². The van der Waals surface area contributed by atoms with Gasteiger partial charge in [0.1, 0.15) is 5.75 Å². The SMILES string of the molecule is OCCCCNCC1=C[C@@H](c2ccccc2)[C@H]2C[C@@]3(C[C@@H]1N2)C[C@H](c1ccc(CCc2c(O)c(O)c4c(O)cccc4c2/C=C/c2ccc(O)c(O)c2)cc1)N[C@H]1[C@@H]3C[C@H]2CCC[C@@]23CC[C@@]24CCC[C@@H]2C=C[C@@H](O)[C@@H]4[C@@]13c1cnc[nH]1. The summed E-state index contributed by atoms with van der Waals surface area (Å²) < 4.78 is 0. The van der Waals surface area contributed by atoms with Crippen LogP contribution >= 0.6 is 0 Å². The van der Waals surface area contributed by atoms with Crippen molar-refractivity contribution in [1.82, 2.24) is 25.9 Å². The molecule has 3 aliphatic heterocycles. The van der Waals surface area contributed by atoms with Crippen molar-refractivity contribution < 1.29 is 35.7 Å². The number of allylic oxidation sites excluding steroid dienone is 1. The second-order valence-corrected chi connectivity index (χ2v) is 26.4. The second-order valence-electron chi connectivity index (χ2n) is 26.4. The molecule has 3 spiro atoms. The van der Waals surface area contributed by atoms with E-state index >= 15 is 0 Å². The maximum atomic E-state index is 13.1. The Morgan fingerprint density at radius 1 is 0.732 bits per heavy atom. The fourth-order valence-electron chi connectivity index (χ4n) is 19.8. The molecule has 1 aromatic heterocycles. The van der Waals surface area contributed by atoms with Crippen molar-refractivity contribution in [3.8, 4) is 28.7 Å². The summed E-state index contributed by atoms with van der Waals surface area (Å²) in [6.07, 6.45) is 30.8. The van der Waals surface area contributed by atoms with Crippen molar-refractivity contribution in [1.29, 1.82) is 0 Å². The van der Waals surface area contributed by atoms with E-state index in [1.807, 2.05) is 18.5 Å². The van der Waals surface area contributed by atoms with Crippen LogP contribution in [0.5, 0.6) is 28.7 Å². The van der Waals surface area contributed by atoms with Gasteiger partial charge in [-0.05, 0) is 187 Å². The topological polar surface area (TPSA) is 206 Å². The Morgan fingerprint density at radius 3 is 2.39 bits per heavy atom. The lowest BCUT2D eigenvalue weighted by Crippen LogP contribution is -2.78. The van der Waals surface area contributed by atoms with Gasteiger partial charge in [0.25, 0.3) is 0 Å². The number of piperidine rings is 2. The van der Waals surface area contributed by atoms with Crippen molar-refractivity contribution in [2.45, 2.75) is 144 Å². The van der Waals surface area contributed by atoms with E-state index in [-0.39, 0.29) is 93.0 Å². The zero-order chi connectivity index (χ0) is 56.0. The first-order chi connectivity index (χ1) is 40.0. The zero-order valence-electron chi connectivity index (χ0n) is 47.0. The van der Waals surface area contributed by atoms with Crippen LogP contribution in [0, 0.1) is 39.9 Å². The van der Waals surface area contributed by atoms with Gasteiger partial charge in [0, 0.05) is 72.0 Å². The standard InChI is InChI=1S/C70H81N5O7/c76-32-5-4-31-71-39-46-34-52(44-9-2-1-3-10-44)56-38-67(37-55(46)74-56)36-54(75-66-53(67)35-48-12-8-28-69(48)30-29-68-27-7-11-47(68)22-26-59(79)65(68)70(66,69)61-40-72-41-73-61)45-20-15-42(16-21-45)17-24-51-49(23-18-43-19-25-57(77)60(80)33-43)50-13-6-14-58(78)62(50)64(82)63(51)81/h1-3,6,9-10,13-16,18-23,25-26,33-34,40-41,47-48,52-56,59,65-66,71,74-82H,4-5,7-8,11-12,17,24,27-32,35-39H2,(H,72,73)/b23-18+/t47-,48-,52+,53+,54-,55+,56-,59-,65+,66+,67+,68+,69-,70+/m1/s1. The molecule has 0 radical (unpaired) electrons. The molecule has 5 aliphatic carbocycles. The molecule has 4 heterocycles. The Bertz CT molecular complexity index is 3440. The number of aryl methyl sites for hydroxylation is 1. The fraction of sp³-hybridized carbons (Fsp3) is 0.471. The fourth-order valence-corrected chi connectivity index (χ4v) is 19.8. The van der Waals surface area contributed by atoms with Crippen LogP contribution in [-0.2, 0) is 18.3 Å². The van der Waals surface area contributed by atoms with Crippen LogP contribution in [0.3, 0.4) is 0 Å². The number of aromatic hydroxyl groups is 5. The van der Waals surface area contributed by atoms with Gasteiger partial charge in [-0.25, -0.2) is 4.98 Å². The number of phenols is 5. The smallest absolute Gasteiger partial charge is 0.169 e. The van der Waals surface area contributed by atoms with Crippen molar-refractivity contribution in [2.24, 2.45) is 39.9 Å². The molecule has 2 saturated heterocycles. The number of hydrogen-bond acceptors (Lipinski definition) is 11. The van der Waals surface area contributed by atoms with Gasteiger partial charge in [-0.3, -0.25) is 0 Å². The minimum Gasteiger partial charge on any atom is -0.507 e. The minimum atomic E-state index is -0.569. The highest BCUT2D eigenvalue weighted by molar-refractivity contribution is 6.03. The first-order valence-electron chi connectivity index (χ1n) is 30.9. The molecule has 6 aromatic rings. The maximum Gasteiger partial charge on any atom is 0.169 e. The predicted molar refractivity (Wildman–Crippen MR) is 320 cm³/mol. The van der Waals surface area contributed by atoms with Crippen molar-refractivity contribution in [2.75, 3.05) is 19.7 Å². The number of aromatic nitrogens is 2. The highest BCUT2D eigenvalue weighted by Gasteiger charge is 2.78. The van der Waals surface area contributed by atoms with Gasteiger partial charge >= 0.3 is 0 Å². The third-order valence-electron chi connectivity index (χ3n) is 23.0. The molecule has 6 fully saturated rings. The summed E-state index contributed by atoms with van der Waals surface area (Å²) in [6, 6.07) is 30.4. The van der Waals surface area contributed by atoms with Gasteiger partial charge in [-0.15, -0.1) is 0 Å². The molecule has 11 N–H and O–H groups in total. The molecular weight excluding hydrogens is 1020 g/mol. The predicted octanol–water partition coefficient (Wildman–Crippen LogP) is 11.5. The van der Waals surface area contributed by atoms with Crippen LogP contribution < -0.4 is 16.0 Å². The lowest BCUT2D eigenvalue weighted by Gasteiger charge is -2.75. The average Bonchev–Trinajstić information content (AvgIpc) is 2.02. The lowest BCUT2D eigenvalue weighted by molar-refractivity contribution is -0.217. The summed E-state index contributed by atoms with van der Waals surface area (Å²) in [5.74, 6) is 0.312. The van der Waals surface area contributed by atoms with Gasteiger partial charge < -0.3 is 56.7 Å². The number of hydrogen-bond donors (Lipinski definition) is 11. The van der Waals surface area contributed by atoms with Crippen molar-refractivity contribution >= 4 is 22.9 Å². The largest absolute Gasteiger partial charge is 0.507 e. The number of rotatable bonds is 14. The highest BCUT2D eigenvalue weighted by atomic mass is 16.3. The van der Waals surface area contributed by atoms with Crippen LogP contribution in [0.4, 0.5) is 0 Å². The number of aromatic amines is 1. The quantitative estimate of drug-likeness (QED) is 0.0214. The molecule has 2 bridgehead atoms. The number of aliphatic hydroxyl groups is 2. The molecule has 0 unspecified atom stereocenters. The first kappa shape index (κ1) is 53.6. The zero-order valence-corrected chi connectivity index (χ0v) is 47.0. The van der Waals surface area contributed by atoms with Gasteiger partial charge in [0.05, 0.1) is 17.8 Å². The number of aliphatic hydroxyl groups excluding tert-OH is 2. The minimum absolute atomic E-state index is 0.00383. The average molecular weight is 1100 g/mol. The number of nitrogens with zero attached hydrogens (tertiary/aromatic N) is 1. The summed E-state index contributed by atoms with van der Waals surface area (Å²) >= 11 is 0. The number of benzene rings is 5. The van der Waals surface area contributed by atoms with Gasteiger partial charge in [-0.1, -0.05) is 116 Å². The Hall–Kier alpha value is -6.41. The summed E-state index contributed by atoms with van der Waals surface area (Å²) in [5, 5.41) is 90.8. The molecule has 428 valence electrons. The Labute approximate surface area is 481 Å². The van der Waals surface area contributed by atoms with E-state index in [4.69, 9.17) is 4.98 Å². The third-order valence-corrected chi connectivity index (χ3v) is 23.0. The number of H-pyrrole nitrogens is 1. The van der Waals surface area contributed by atoms with Gasteiger partial charge in [-0.2, -0.15) is 0 Å². The molecular formula is C70H81N5O7. The molecule has 4 saturated carbocycles. The molecule has 12 heteroatoms. The van der Waals surface area contributed by atoms with Crippen LogP contribution in [-0.4, -0.2) is 89.6 Å². The number of imidazole rings is 1. The molecule has 8 aliphatic rings. The van der Waals surface area contributed by atoms with E-state index in [1.165, 1.54) is 92.0 Å². The van der Waals surface area contributed by atoms with Crippen LogP contribution in [0.25, 0.3) is 22.9 Å². The normalized spacial score (nSPS) is 34.3. The Morgan fingerprint density at radius 2 is 1.57 bits per heavy atom. The van der Waals surface area contributed by atoms with E-state index in [0.717, 1.165) is 57.2 Å². The monoisotopic (exact) mass is 1100 g/mol. The highest BCUT2D eigenvalue weighted by Crippen LogP contribution is 2.79.